The highest BCUT2D eigenvalue weighted by Crippen LogP contribution is 2.47. The molecule has 29 heavy (non-hydrogen) atoms. The number of carbonyl (C=O) groups is 2. The van der Waals surface area contributed by atoms with Gasteiger partial charge in [-0.1, -0.05) is 42.5 Å². The Balaban J connectivity index is 1.53. The predicted octanol–water partition coefficient (Wildman–Crippen LogP) is 0.539. The van der Waals surface area contributed by atoms with E-state index in [1.54, 1.807) is 17.0 Å². The number of fused-ring (bicyclic) bond motifs is 2. The summed E-state index contributed by atoms with van der Waals surface area (Å²) in [5, 5.41) is 11.8. The van der Waals surface area contributed by atoms with Gasteiger partial charge in [-0.25, -0.2) is 0 Å². The number of amides is 1. The van der Waals surface area contributed by atoms with Crippen LogP contribution in [0, 0.1) is 5.92 Å². The minimum absolute atomic E-state index is 0.141. The lowest BCUT2D eigenvalue weighted by molar-refractivity contribution is -0.906. The number of para-hydroxylation sites is 1. The molecule has 1 aliphatic carbocycles. The predicted molar refractivity (Wildman–Crippen MR) is 107 cm³/mol. The SMILES string of the molecule is O=C1c2ccccc2CC[C@H]1[C@@]1(O)C(=O)N(C[NH+]2CCOCC2)c2ccccc21. The maximum Gasteiger partial charge on any atom is 0.268 e. The van der Waals surface area contributed by atoms with Crippen molar-refractivity contribution in [2.45, 2.75) is 18.4 Å². The minimum atomic E-state index is -1.81. The van der Waals surface area contributed by atoms with Gasteiger partial charge >= 0.3 is 0 Å². The highest BCUT2D eigenvalue weighted by atomic mass is 16.5. The number of hydrogen-bond donors (Lipinski definition) is 2. The third kappa shape index (κ3) is 2.82. The molecule has 2 atom stereocenters. The first-order chi connectivity index (χ1) is 14.1. The van der Waals surface area contributed by atoms with Crippen molar-refractivity contribution in [3.05, 3.63) is 65.2 Å². The number of rotatable bonds is 3. The van der Waals surface area contributed by atoms with E-state index in [0.29, 0.717) is 49.5 Å². The molecule has 0 unspecified atom stereocenters. The molecule has 0 saturated carbocycles. The van der Waals surface area contributed by atoms with Crippen molar-refractivity contribution in [2.75, 3.05) is 37.9 Å². The van der Waals surface area contributed by atoms with Crippen LogP contribution in [0.1, 0.15) is 27.9 Å². The first-order valence-electron chi connectivity index (χ1n) is 10.3. The van der Waals surface area contributed by atoms with E-state index in [1.807, 2.05) is 36.4 Å². The third-order valence-corrected chi connectivity index (χ3v) is 6.56. The second-order valence-corrected chi connectivity index (χ2v) is 8.15. The highest BCUT2D eigenvalue weighted by molar-refractivity contribution is 6.12. The molecule has 0 spiro atoms. The monoisotopic (exact) mass is 393 g/mol. The van der Waals surface area contributed by atoms with E-state index < -0.39 is 11.5 Å². The maximum atomic E-state index is 13.6. The number of ether oxygens (including phenoxy) is 1. The van der Waals surface area contributed by atoms with Gasteiger partial charge in [0.15, 0.2) is 18.1 Å². The van der Waals surface area contributed by atoms with E-state index in [4.69, 9.17) is 4.74 Å². The Labute approximate surface area is 169 Å². The number of quaternary nitrogens is 1. The Hall–Kier alpha value is -2.54. The number of nitrogens with zero attached hydrogens (tertiary/aromatic N) is 1. The smallest absolute Gasteiger partial charge is 0.268 e. The van der Waals surface area contributed by atoms with Crippen LogP contribution in [0.25, 0.3) is 0 Å². The van der Waals surface area contributed by atoms with Gasteiger partial charge < -0.3 is 14.7 Å². The van der Waals surface area contributed by atoms with Crippen molar-refractivity contribution >= 4 is 17.4 Å². The Morgan fingerprint density at radius 3 is 2.62 bits per heavy atom. The quantitative estimate of drug-likeness (QED) is 0.799. The first-order valence-corrected chi connectivity index (χ1v) is 10.3. The summed E-state index contributed by atoms with van der Waals surface area (Å²) in [6, 6.07) is 14.9. The minimum Gasteiger partial charge on any atom is -0.375 e. The molecule has 2 aromatic rings. The normalized spacial score (nSPS) is 27.1. The summed E-state index contributed by atoms with van der Waals surface area (Å²) in [7, 11) is 0. The third-order valence-electron chi connectivity index (χ3n) is 6.56. The average molecular weight is 393 g/mol. The first kappa shape index (κ1) is 18.5. The van der Waals surface area contributed by atoms with Crippen LogP contribution in [-0.4, -0.2) is 49.8 Å². The van der Waals surface area contributed by atoms with Crippen LogP contribution in [0.5, 0.6) is 0 Å². The van der Waals surface area contributed by atoms with E-state index in [0.717, 1.165) is 18.7 Å². The molecule has 0 aromatic heterocycles. The molecule has 1 saturated heterocycles. The summed E-state index contributed by atoms with van der Waals surface area (Å²) in [5.41, 5.74) is 1.07. The summed E-state index contributed by atoms with van der Waals surface area (Å²) in [4.78, 5) is 29.8. The molecule has 2 aromatic carbocycles. The molecular formula is C23H25N2O4+. The van der Waals surface area contributed by atoms with Crippen molar-refractivity contribution in [3.8, 4) is 0 Å². The fraction of sp³-hybridized carbons (Fsp3) is 0.391. The Bertz CT molecular complexity index is 969. The molecule has 1 fully saturated rings. The molecule has 0 bridgehead atoms. The summed E-state index contributed by atoms with van der Waals surface area (Å²) in [6.07, 6.45) is 1.14. The second-order valence-electron chi connectivity index (χ2n) is 8.15. The summed E-state index contributed by atoms with van der Waals surface area (Å²) >= 11 is 0. The van der Waals surface area contributed by atoms with Crippen LogP contribution in [0.3, 0.4) is 0 Å². The lowest BCUT2D eigenvalue weighted by Gasteiger charge is -2.34. The number of aryl methyl sites for hydroxylation is 1. The zero-order chi connectivity index (χ0) is 20.0. The number of benzene rings is 2. The van der Waals surface area contributed by atoms with E-state index in [2.05, 4.69) is 0 Å². The number of aliphatic hydroxyl groups is 1. The van der Waals surface area contributed by atoms with Gasteiger partial charge in [-0.05, 0) is 24.5 Å². The summed E-state index contributed by atoms with van der Waals surface area (Å²) < 4.78 is 5.43. The maximum absolute atomic E-state index is 13.6. The lowest BCUT2D eigenvalue weighted by Crippen LogP contribution is -3.15. The van der Waals surface area contributed by atoms with Gasteiger partial charge in [0.2, 0.25) is 0 Å². The molecule has 2 heterocycles. The van der Waals surface area contributed by atoms with Crippen molar-refractivity contribution in [3.63, 3.8) is 0 Å². The molecule has 1 amide bonds. The molecule has 2 aliphatic heterocycles. The van der Waals surface area contributed by atoms with Crippen molar-refractivity contribution in [1.82, 2.24) is 0 Å². The van der Waals surface area contributed by atoms with E-state index in [9.17, 15) is 14.7 Å². The van der Waals surface area contributed by atoms with Crippen LogP contribution in [-0.2, 0) is 21.6 Å². The molecule has 0 radical (unpaired) electrons. The van der Waals surface area contributed by atoms with Gasteiger partial charge in [-0.2, -0.15) is 0 Å². The number of morpholine rings is 1. The van der Waals surface area contributed by atoms with Gasteiger partial charge in [-0.15, -0.1) is 0 Å². The van der Waals surface area contributed by atoms with E-state index >= 15 is 0 Å². The van der Waals surface area contributed by atoms with Gasteiger partial charge in [0.05, 0.1) is 24.8 Å². The molecule has 3 aliphatic rings. The molecule has 6 nitrogen and oxygen atoms in total. The van der Waals surface area contributed by atoms with Crippen LogP contribution in [0.15, 0.2) is 48.5 Å². The average Bonchev–Trinajstić information content (AvgIpc) is 2.98. The molecule has 150 valence electrons. The summed E-state index contributed by atoms with van der Waals surface area (Å²) in [6.45, 7) is 3.45. The van der Waals surface area contributed by atoms with Crippen LogP contribution in [0.2, 0.25) is 0 Å². The van der Waals surface area contributed by atoms with E-state index in [-0.39, 0.29) is 11.7 Å². The van der Waals surface area contributed by atoms with Gasteiger partial charge in [0.25, 0.3) is 5.91 Å². The molecule has 6 heteroatoms. The molecule has 2 N–H and O–H groups in total. The topological polar surface area (TPSA) is 71.3 Å². The fourth-order valence-corrected chi connectivity index (χ4v) is 4.99. The largest absolute Gasteiger partial charge is 0.375 e. The second kappa shape index (κ2) is 7.06. The summed E-state index contributed by atoms with van der Waals surface area (Å²) in [5.74, 6) is -1.29. The van der Waals surface area contributed by atoms with Crippen LogP contribution < -0.4 is 9.80 Å². The van der Waals surface area contributed by atoms with Gasteiger partial charge in [-0.3, -0.25) is 14.5 Å². The van der Waals surface area contributed by atoms with E-state index in [1.165, 1.54) is 4.90 Å². The van der Waals surface area contributed by atoms with Gasteiger partial charge in [0, 0.05) is 11.1 Å². The highest BCUT2D eigenvalue weighted by Gasteiger charge is 2.58. The molecule has 5 rings (SSSR count). The van der Waals surface area contributed by atoms with Crippen molar-refractivity contribution in [1.29, 1.82) is 0 Å². The van der Waals surface area contributed by atoms with Crippen molar-refractivity contribution in [2.24, 2.45) is 5.92 Å². The number of Topliss-reactive ketones (excluding diaryl/α,β-unsaturated/α-hetero) is 1. The Kier molecular flexibility index (Phi) is 4.50. The standard InChI is InChI=1S/C23H24N2O4/c26-21-17-6-2-1-5-16(17)9-10-19(21)23(28)18-7-3-4-8-20(18)25(22(23)27)15-24-11-13-29-14-12-24/h1-8,19,28H,9-15H2/p+1/t19-,23-/m1/s1. The van der Waals surface area contributed by atoms with Crippen molar-refractivity contribution < 1.29 is 24.3 Å². The number of nitrogens with one attached hydrogen (secondary N) is 1. The lowest BCUT2D eigenvalue weighted by atomic mass is 9.71. The zero-order valence-corrected chi connectivity index (χ0v) is 16.3. The number of carbonyl (C=O) groups excluding carboxylic acids is 2. The van der Waals surface area contributed by atoms with Gasteiger partial charge in [0.1, 0.15) is 13.1 Å². The number of ketones is 1. The molecular weight excluding hydrogens is 368 g/mol. The number of hydrogen-bond acceptors (Lipinski definition) is 4. The van der Waals surface area contributed by atoms with Crippen LogP contribution >= 0.6 is 0 Å². The fourth-order valence-electron chi connectivity index (χ4n) is 4.99. The zero-order valence-electron chi connectivity index (χ0n) is 16.3. The Morgan fingerprint density at radius 1 is 1.07 bits per heavy atom. The number of anilines is 1. The Morgan fingerprint density at radius 2 is 1.79 bits per heavy atom. The van der Waals surface area contributed by atoms with Crippen LogP contribution in [0.4, 0.5) is 5.69 Å².